The number of carbonyl (C=O) groups excluding carboxylic acids is 1. The van der Waals surface area contributed by atoms with E-state index in [2.05, 4.69) is 10.3 Å². The summed E-state index contributed by atoms with van der Waals surface area (Å²) in [6.07, 6.45) is 2.58. The summed E-state index contributed by atoms with van der Waals surface area (Å²) >= 11 is 0. The molecule has 0 saturated carbocycles. The quantitative estimate of drug-likeness (QED) is 0.617. The number of rotatable bonds is 7. The number of hydrogen-bond donors (Lipinski definition) is 1. The number of fused-ring (bicyclic) bond motifs is 1. The van der Waals surface area contributed by atoms with Crippen molar-refractivity contribution >= 4 is 26.8 Å². The lowest BCUT2D eigenvalue weighted by molar-refractivity contribution is -0.125. The molecule has 3 aromatic rings. The highest BCUT2D eigenvalue weighted by Gasteiger charge is 2.26. The molecule has 1 unspecified atom stereocenters. The van der Waals surface area contributed by atoms with Crippen LogP contribution in [-0.4, -0.2) is 30.1 Å². The average Bonchev–Trinajstić information content (AvgIpc) is 3.02. The number of nitrogens with zero attached hydrogens (tertiary/aromatic N) is 2. The molecule has 1 heterocycles. The second-order valence-electron chi connectivity index (χ2n) is 7.70. The second kappa shape index (κ2) is 8.51. The fourth-order valence-corrected chi connectivity index (χ4v) is 4.14. The third-order valence-electron chi connectivity index (χ3n) is 4.74. The molecule has 0 spiro atoms. The Hall–Kier alpha value is -2.81. The Labute approximate surface area is 173 Å². The SMILES string of the molecule is CC(C)C(C(=O)NCc1ccc(CS(C)(=O)=O)cc1)n1cnc2cc(F)c(F)cc21. The van der Waals surface area contributed by atoms with Crippen LogP contribution in [0.25, 0.3) is 11.0 Å². The summed E-state index contributed by atoms with van der Waals surface area (Å²) in [5, 5.41) is 2.85. The molecule has 1 atom stereocenters. The number of sulfone groups is 1. The normalized spacial score (nSPS) is 13.0. The Kier molecular flexibility index (Phi) is 6.21. The minimum Gasteiger partial charge on any atom is -0.350 e. The fraction of sp³-hybridized carbons (Fsp3) is 0.333. The maximum absolute atomic E-state index is 13.7. The molecule has 0 aliphatic heterocycles. The highest BCUT2D eigenvalue weighted by molar-refractivity contribution is 7.89. The van der Waals surface area contributed by atoms with Crippen LogP contribution < -0.4 is 5.32 Å². The first-order valence-electron chi connectivity index (χ1n) is 9.40. The standard InChI is InChI=1S/C21H23F2N3O3S/c1-13(2)20(26-12-25-18-8-16(22)17(23)9-19(18)26)21(27)24-10-14-4-6-15(7-5-14)11-30(3,28)29/h4-9,12-13,20H,10-11H2,1-3H3,(H,24,27). The zero-order chi connectivity index (χ0) is 22.1. The van der Waals surface area contributed by atoms with Crippen LogP contribution >= 0.6 is 0 Å². The third-order valence-corrected chi connectivity index (χ3v) is 5.59. The Morgan fingerprint density at radius 2 is 1.70 bits per heavy atom. The zero-order valence-electron chi connectivity index (χ0n) is 16.9. The second-order valence-corrected chi connectivity index (χ2v) is 9.84. The Morgan fingerprint density at radius 1 is 1.10 bits per heavy atom. The molecular formula is C21H23F2N3O3S. The van der Waals surface area contributed by atoms with Gasteiger partial charge in [0.05, 0.1) is 23.1 Å². The minimum atomic E-state index is -3.11. The Balaban J connectivity index is 1.76. The molecule has 6 nitrogen and oxygen atoms in total. The molecule has 2 aromatic carbocycles. The van der Waals surface area contributed by atoms with Crippen LogP contribution in [0.2, 0.25) is 0 Å². The summed E-state index contributed by atoms with van der Waals surface area (Å²) in [5.74, 6) is -2.44. The number of benzene rings is 2. The molecule has 30 heavy (non-hydrogen) atoms. The van der Waals surface area contributed by atoms with Crippen LogP contribution in [0.15, 0.2) is 42.7 Å². The van der Waals surface area contributed by atoms with Gasteiger partial charge in [-0.1, -0.05) is 38.1 Å². The van der Waals surface area contributed by atoms with E-state index < -0.39 is 27.5 Å². The Bertz CT molecular complexity index is 1170. The average molecular weight is 435 g/mol. The van der Waals surface area contributed by atoms with Crippen molar-refractivity contribution in [3.8, 4) is 0 Å². The zero-order valence-corrected chi connectivity index (χ0v) is 17.7. The number of halogens is 2. The first-order chi connectivity index (χ1) is 14.0. The minimum absolute atomic E-state index is 0.0417. The smallest absolute Gasteiger partial charge is 0.243 e. The summed E-state index contributed by atoms with van der Waals surface area (Å²) < 4.78 is 51.5. The number of imidazole rings is 1. The van der Waals surface area contributed by atoms with E-state index >= 15 is 0 Å². The maximum Gasteiger partial charge on any atom is 0.243 e. The lowest BCUT2D eigenvalue weighted by Gasteiger charge is -2.22. The molecule has 9 heteroatoms. The molecule has 0 saturated heterocycles. The highest BCUT2D eigenvalue weighted by Crippen LogP contribution is 2.25. The van der Waals surface area contributed by atoms with Gasteiger partial charge in [-0.15, -0.1) is 0 Å². The van der Waals surface area contributed by atoms with E-state index in [-0.39, 0.29) is 29.6 Å². The van der Waals surface area contributed by atoms with Crippen LogP contribution in [0.3, 0.4) is 0 Å². The molecule has 160 valence electrons. The molecule has 0 aliphatic rings. The first-order valence-corrected chi connectivity index (χ1v) is 11.5. The van der Waals surface area contributed by atoms with Crippen molar-refractivity contribution in [2.45, 2.75) is 32.2 Å². The van der Waals surface area contributed by atoms with Crippen LogP contribution in [0.1, 0.15) is 31.0 Å². The monoisotopic (exact) mass is 435 g/mol. The van der Waals surface area contributed by atoms with Crippen LogP contribution in [0, 0.1) is 17.6 Å². The van der Waals surface area contributed by atoms with Gasteiger partial charge in [0.1, 0.15) is 6.04 Å². The fourth-order valence-electron chi connectivity index (χ4n) is 3.34. The van der Waals surface area contributed by atoms with Gasteiger partial charge >= 0.3 is 0 Å². The van der Waals surface area contributed by atoms with Crippen LogP contribution in [0.4, 0.5) is 8.78 Å². The predicted molar refractivity (Wildman–Crippen MR) is 110 cm³/mol. The van der Waals surface area contributed by atoms with Crippen molar-refractivity contribution in [2.24, 2.45) is 5.92 Å². The summed E-state index contributed by atoms with van der Waals surface area (Å²) in [6.45, 7) is 3.96. The van der Waals surface area contributed by atoms with E-state index in [0.29, 0.717) is 11.1 Å². The molecule has 0 aliphatic carbocycles. The molecule has 0 radical (unpaired) electrons. The number of hydrogen-bond acceptors (Lipinski definition) is 4. The maximum atomic E-state index is 13.7. The van der Waals surface area contributed by atoms with Gasteiger partial charge in [-0.2, -0.15) is 0 Å². The molecular weight excluding hydrogens is 412 g/mol. The predicted octanol–water partition coefficient (Wildman–Crippen LogP) is 3.37. The largest absolute Gasteiger partial charge is 0.350 e. The lowest BCUT2D eigenvalue weighted by Crippen LogP contribution is -2.34. The summed E-state index contributed by atoms with van der Waals surface area (Å²) in [4.78, 5) is 17.0. The molecule has 1 N–H and O–H groups in total. The summed E-state index contributed by atoms with van der Waals surface area (Å²) in [5.41, 5.74) is 2.10. The lowest BCUT2D eigenvalue weighted by atomic mass is 10.0. The van der Waals surface area contributed by atoms with Crippen LogP contribution in [0.5, 0.6) is 0 Å². The number of amides is 1. The van der Waals surface area contributed by atoms with E-state index in [4.69, 9.17) is 0 Å². The van der Waals surface area contributed by atoms with Crippen molar-refractivity contribution in [2.75, 3.05) is 6.26 Å². The van der Waals surface area contributed by atoms with E-state index in [1.807, 2.05) is 13.8 Å². The molecule has 0 bridgehead atoms. The van der Waals surface area contributed by atoms with Gasteiger partial charge in [0, 0.05) is 24.9 Å². The van der Waals surface area contributed by atoms with Gasteiger partial charge in [-0.05, 0) is 17.0 Å². The van der Waals surface area contributed by atoms with Gasteiger partial charge < -0.3 is 9.88 Å². The van der Waals surface area contributed by atoms with Crippen molar-refractivity contribution < 1.29 is 22.0 Å². The van der Waals surface area contributed by atoms with Gasteiger partial charge in [-0.3, -0.25) is 4.79 Å². The van der Waals surface area contributed by atoms with Gasteiger partial charge in [0.2, 0.25) is 5.91 Å². The molecule has 3 rings (SSSR count). The topological polar surface area (TPSA) is 81.1 Å². The van der Waals surface area contributed by atoms with E-state index in [1.54, 1.807) is 28.8 Å². The first kappa shape index (κ1) is 21.9. The van der Waals surface area contributed by atoms with E-state index in [9.17, 15) is 22.0 Å². The van der Waals surface area contributed by atoms with Gasteiger partial charge in [0.25, 0.3) is 0 Å². The van der Waals surface area contributed by atoms with Crippen molar-refractivity contribution in [1.29, 1.82) is 0 Å². The number of aromatic nitrogens is 2. The number of nitrogens with one attached hydrogen (secondary N) is 1. The molecule has 1 amide bonds. The van der Waals surface area contributed by atoms with E-state index in [1.165, 1.54) is 12.6 Å². The Morgan fingerprint density at radius 3 is 2.30 bits per heavy atom. The van der Waals surface area contributed by atoms with Gasteiger partial charge in [-0.25, -0.2) is 22.2 Å². The molecule has 1 aromatic heterocycles. The highest BCUT2D eigenvalue weighted by atomic mass is 32.2. The summed E-state index contributed by atoms with van der Waals surface area (Å²) in [7, 11) is -3.11. The summed E-state index contributed by atoms with van der Waals surface area (Å²) in [6, 6.07) is 8.33. The van der Waals surface area contributed by atoms with E-state index in [0.717, 1.165) is 17.7 Å². The van der Waals surface area contributed by atoms with Gasteiger partial charge in [0.15, 0.2) is 21.5 Å². The number of carbonyl (C=O) groups is 1. The van der Waals surface area contributed by atoms with Crippen molar-refractivity contribution in [3.63, 3.8) is 0 Å². The van der Waals surface area contributed by atoms with Crippen molar-refractivity contribution in [3.05, 3.63) is 65.5 Å². The van der Waals surface area contributed by atoms with Crippen LogP contribution in [-0.2, 0) is 26.9 Å². The third kappa shape index (κ3) is 5.02. The molecule has 0 fully saturated rings. The van der Waals surface area contributed by atoms with Crippen molar-refractivity contribution in [1.82, 2.24) is 14.9 Å².